The molecule has 0 unspecified atom stereocenters. The molecule has 2 aromatic rings. The van der Waals surface area contributed by atoms with Crippen LogP contribution in [0, 0.1) is 0 Å². The van der Waals surface area contributed by atoms with E-state index in [-0.39, 0.29) is 6.29 Å². The van der Waals surface area contributed by atoms with Crippen LogP contribution in [0.1, 0.15) is 23.0 Å². The fraction of sp³-hybridized carbons (Fsp3) is 0.263. The Kier molecular flexibility index (Phi) is 4.27. The van der Waals surface area contributed by atoms with Crippen LogP contribution in [-0.4, -0.2) is 27.3 Å². The van der Waals surface area contributed by atoms with Gasteiger partial charge in [-0.05, 0) is 34.9 Å². The van der Waals surface area contributed by atoms with Crippen molar-refractivity contribution in [3.05, 3.63) is 71.8 Å². The van der Waals surface area contributed by atoms with E-state index in [1.54, 1.807) is 0 Å². The zero-order valence-electron chi connectivity index (χ0n) is 13.1. The number of hydrogen-bond acceptors (Lipinski definition) is 3. The highest BCUT2D eigenvalue weighted by Gasteiger charge is 2.18. The van der Waals surface area contributed by atoms with E-state index in [0.717, 1.165) is 22.3 Å². The van der Waals surface area contributed by atoms with Crippen molar-refractivity contribution in [1.29, 1.82) is 0 Å². The highest BCUT2D eigenvalue weighted by molar-refractivity contribution is 5.79. The topological polar surface area (TPSA) is 21.7 Å². The van der Waals surface area contributed by atoms with Crippen molar-refractivity contribution in [2.75, 3.05) is 32.2 Å². The van der Waals surface area contributed by atoms with Gasteiger partial charge in [0.25, 0.3) is 0 Å². The van der Waals surface area contributed by atoms with E-state index in [1.165, 1.54) is 5.69 Å². The van der Waals surface area contributed by atoms with Crippen molar-refractivity contribution in [1.82, 2.24) is 0 Å². The third-order valence-electron chi connectivity index (χ3n) is 3.86. The van der Waals surface area contributed by atoms with E-state index >= 15 is 0 Å². The number of anilines is 1. The van der Waals surface area contributed by atoms with Crippen LogP contribution in [0.5, 0.6) is 0 Å². The third kappa shape index (κ3) is 3.06. The summed E-state index contributed by atoms with van der Waals surface area (Å²) in [6, 6.07) is 16.6. The maximum absolute atomic E-state index is 5.56. The standard InChI is InChI=1S/C19H21NO2/c1-14(15-7-9-18(10-8-15)20(2)3)16-5-4-6-17(13-16)19-21-11-12-22-19/h4-10,13,19H,1,11-12H2,2-3H3. The summed E-state index contributed by atoms with van der Waals surface area (Å²) in [5.41, 5.74) is 5.44. The molecule has 3 nitrogen and oxygen atoms in total. The second-order valence-electron chi connectivity index (χ2n) is 5.62. The first-order valence-electron chi connectivity index (χ1n) is 7.45. The minimum Gasteiger partial charge on any atom is -0.378 e. The van der Waals surface area contributed by atoms with E-state index in [4.69, 9.17) is 9.47 Å². The van der Waals surface area contributed by atoms with Gasteiger partial charge in [-0.3, -0.25) is 0 Å². The molecule has 1 saturated heterocycles. The molecule has 0 N–H and O–H groups in total. The van der Waals surface area contributed by atoms with Crippen LogP contribution < -0.4 is 4.90 Å². The maximum Gasteiger partial charge on any atom is 0.184 e. The SMILES string of the molecule is C=C(c1ccc(N(C)C)cc1)c1cccc(C2OCCO2)c1. The average Bonchev–Trinajstić information content (AvgIpc) is 3.09. The lowest BCUT2D eigenvalue weighted by molar-refractivity contribution is -0.0441. The normalized spacial score (nSPS) is 15.0. The largest absolute Gasteiger partial charge is 0.378 e. The minimum absolute atomic E-state index is 0.246. The average molecular weight is 295 g/mol. The lowest BCUT2D eigenvalue weighted by Gasteiger charge is -2.15. The van der Waals surface area contributed by atoms with Crippen molar-refractivity contribution in [3.63, 3.8) is 0 Å². The maximum atomic E-state index is 5.56. The van der Waals surface area contributed by atoms with Crippen LogP contribution in [0.25, 0.3) is 5.57 Å². The van der Waals surface area contributed by atoms with Gasteiger partial charge in [-0.1, -0.05) is 36.9 Å². The summed E-state index contributed by atoms with van der Waals surface area (Å²) in [7, 11) is 4.07. The Hall–Kier alpha value is -2.10. The summed E-state index contributed by atoms with van der Waals surface area (Å²) in [4.78, 5) is 2.09. The van der Waals surface area contributed by atoms with Crippen molar-refractivity contribution >= 4 is 11.3 Å². The highest BCUT2D eigenvalue weighted by Crippen LogP contribution is 2.28. The van der Waals surface area contributed by atoms with Gasteiger partial charge in [0, 0.05) is 25.3 Å². The van der Waals surface area contributed by atoms with Crippen LogP contribution >= 0.6 is 0 Å². The zero-order chi connectivity index (χ0) is 15.5. The summed E-state index contributed by atoms with van der Waals surface area (Å²) in [5.74, 6) is 0. The van der Waals surface area contributed by atoms with Gasteiger partial charge < -0.3 is 14.4 Å². The molecule has 0 atom stereocenters. The number of ether oxygens (including phenoxy) is 2. The summed E-state index contributed by atoms with van der Waals surface area (Å²) < 4.78 is 11.1. The van der Waals surface area contributed by atoms with E-state index in [1.807, 2.05) is 26.2 Å². The molecule has 1 aliphatic rings. The van der Waals surface area contributed by atoms with E-state index in [0.29, 0.717) is 13.2 Å². The van der Waals surface area contributed by atoms with Gasteiger partial charge >= 0.3 is 0 Å². The Morgan fingerprint density at radius 3 is 2.32 bits per heavy atom. The van der Waals surface area contributed by atoms with Crippen molar-refractivity contribution in [2.45, 2.75) is 6.29 Å². The van der Waals surface area contributed by atoms with Crippen LogP contribution in [0.3, 0.4) is 0 Å². The van der Waals surface area contributed by atoms with Gasteiger partial charge in [0.05, 0.1) is 13.2 Å². The van der Waals surface area contributed by atoms with Crippen LogP contribution in [-0.2, 0) is 9.47 Å². The Morgan fingerprint density at radius 2 is 1.68 bits per heavy atom. The van der Waals surface area contributed by atoms with Gasteiger partial charge in [0.15, 0.2) is 6.29 Å². The molecule has 0 saturated carbocycles. The van der Waals surface area contributed by atoms with Gasteiger partial charge in [0.1, 0.15) is 0 Å². The number of benzene rings is 2. The number of rotatable bonds is 4. The molecule has 3 rings (SSSR count). The van der Waals surface area contributed by atoms with Gasteiger partial charge in [0.2, 0.25) is 0 Å². The van der Waals surface area contributed by atoms with E-state index in [9.17, 15) is 0 Å². The molecule has 1 fully saturated rings. The summed E-state index contributed by atoms with van der Waals surface area (Å²) in [5, 5.41) is 0. The van der Waals surface area contributed by atoms with Crippen molar-refractivity contribution < 1.29 is 9.47 Å². The summed E-state index contributed by atoms with van der Waals surface area (Å²) in [6.45, 7) is 5.55. The first-order chi connectivity index (χ1) is 10.6. The molecule has 0 amide bonds. The fourth-order valence-electron chi connectivity index (χ4n) is 2.55. The van der Waals surface area contributed by atoms with E-state index in [2.05, 4.69) is 47.9 Å². The smallest absolute Gasteiger partial charge is 0.184 e. The summed E-state index contributed by atoms with van der Waals surface area (Å²) >= 11 is 0. The second kappa shape index (κ2) is 6.34. The van der Waals surface area contributed by atoms with Crippen LogP contribution in [0.2, 0.25) is 0 Å². The molecular weight excluding hydrogens is 274 g/mol. The Balaban J connectivity index is 1.83. The number of hydrogen-bond donors (Lipinski definition) is 0. The van der Waals surface area contributed by atoms with Crippen LogP contribution in [0.15, 0.2) is 55.1 Å². The fourth-order valence-corrected chi connectivity index (χ4v) is 2.55. The molecule has 0 radical (unpaired) electrons. The van der Waals surface area contributed by atoms with Crippen molar-refractivity contribution in [3.8, 4) is 0 Å². The lowest BCUT2D eigenvalue weighted by Crippen LogP contribution is -2.08. The minimum atomic E-state index is -0.246. The van der Waals surface area contributed by atoms with Gasteiger partial charge in [-0.2, -0.15) is 0 Å². The van der Waals surface area contributed by atoms with Crippen LogP contribution in [0.4, 0.5) is 5.69 Å². The molecule has 3 heteroatoms. The predicted octanol–water partition coefficient (Wildman–Crippen LogP) is 3.86. The molecule has 1 aliphatic heterocycles. The predicted molar refractivity (Wildman–Crippen MR) is 90.0 cm³/mol. The third-order valence-corrected chi connectivity index (χ3v) is 3.86. The number of nitrogens with zero attached hydrogens (tertiary/aromatic N) is 1. The molecule has 22 heavy (non-hydrogen) atoms. The first-order valence-corrected chi connectivity index (χ1v) is 7.45. The van der Waals surface area contributed by atoms with E-state index < -0.39 is 0 Å². The highest BCUT2D eigenvalue weighted by atomic mass is 16.7. The molecule has 2 aromatic carbocycles. The molecule has 0 aliphatic carbocycles. The lowest BCUT2D eigenvalue weighted by atomic mass is 9.97. The zero-order valence-corrected chi connectivity index (χ0v) is 13.1. The Morgan fingerprint density at radius 1 is 1.00 bits per heavy atom. The second-order valence-corrected chi connectivity index (χ2v) is 5.62. The molecule has 0 aromatic heterocycles. The quantitative estimate of drug-likeness (QED) is 0.855. The molecule has 0 bridgehead atoms. The molecule has 0 spiro atoms. The molecular formula is C19H21NO2. The van der Waals surface area contributed by atoms with Crippen molar-refractivity contribution in [2.24, 2.45) is 0 Å². The molecule has 114 valence electrons. The Bertz CT molecular complexity index is 655. The monoisotopic (exact) mass is 295 g/mol. The van der Waals surface area contributed by atoms with Gasteiger partial charge in [-0.15, -0.1) is 0 Å². The molecule has 1 heterocycles. The van der Waals surface area contributed by atoms with Gasteiger partial charge in [-0.25, -0.2) is 0 Å². The Labute approximate surface area is 131 Å². The first kappa shape index (κ1) is 14.8. The summed E-state index contributed by atoms with van der Waals surface area (Å²) in [6.07, 6.45) is -0.246.